The third-order valence-electron chi connectivity index (χ3n) is 3.72. The Bertz CT molecular complexity index is 1080. The second-order valence-electron chi connectivity index (χ2n) is 5.73. The number of pyridine rings is 1. The fourth-order valence-corrected chi connectivity index (χ4v) is 2.56. The summed E-state index contributed by atoms with van der Waals surface area (Å²) in [5.74, 6) is 1.04. The molecule has 26 heavy (non-hydrogen) atoms. The van der Waals surface area contributed by atoms with E-state index in [0.29, 0.717) is 22.7 Å². The molecule has 0 aliphatic rings. The largest absolute Gasteiger partial charge is 0.456 e. The molecule has 3 aromatic heterocycles. The van der Waals surface area contributed by atoms with Gasteiger partial charge in [-0.2, -0.15) is 10.2 Å². The Balaban J connectivity index is 1.52. The predicted octanol–water partition coefficient (Wildman–Crippen LogP) is 3.48. The van der Waals surface area contributed by atoms with Crippen molar-refractivity contribution in [1.29, 1.82) is 0 Å². The van der Waals surface area contributed by atoms with Crippen molar-refractivity contribution >= 4 is 17.2 Å². The Morgan fingerprint density at radius 2 is 2.00 bits per heavy atom. The maximum atomic E-state index is 12.2. The van der Waals surface area contributed by atoms with Crippen LogP contribution < -0.4 is 10.1 Å². The summed E-state index contributed by atoms with van der Waals surface area (Å²) in [6.45, 7) is 1.94. The first-order valence-electron chi connectivity index (χ1n) is 7.99. The van der Waals surface area contributed by atoms with Gasteiger partial charge < -0.3 is 14.5 Å². The lowest BCUT2D eigenvalue weighted by atomic mass is 10.2. The van der Waals surface area contributed by atoms with Crippen LogP contribution in [0.15, 0.2) is 67.3 Å². The van der Waals surface area contributed by atoms with Crippen LogP contribution in [0.4, 0.5) is 5.69 Å². The Morgan fingerprint density at radius 3 is 2.85 bits per heavy atom. The molecule has 0 unspecified atom stereocenters. The first kappa shape index (κ1) is 15.8. The lowest BCUT2D eigenvalue weighted by Gasteiger charge is -2.09. The summed E-state index contributed by atoms with van der Waals surface area (Å²) in [4.78, 5) is 16.6. The van der Waals surface area contributed by atoms with E-state index in [1.54, 1.807) is 18.2 Å². The number of carbonyl (C=O) groups excluding carboxylic acids is 1. The average molecular weight is 345 g/mol. The third kappa shape index (κ3) is 3.36. The molecule has 1 N–H and O–H groups in total. The van der Waals surface area contributed by atoms with Crippen molar-refractivity contribution in [2.45, 2.75) is 6.92 Å². The molecular formula is C19H15N5O2. The van der Waals surface area contributed by atoms with Gasteiger partial charge in [-0.1, -0.05) is 6.07 Å². The second-order valence-corrected chi connectivity index (χ2v) is 5.73. The number of benzene rings is 1. The van der Waals surface area contributed by atoms with Gasteiger partial charge in [0.25, 0.3) is 5.91 Å². The number of aromatic nitrogens is 4. The molecule has 0 aliphatic heterocycles. The molecule has 128 valence electrons. The molecule has 0 saturated carbocycles. The van der Waals surface area contributed by atoms with E-state index in [2.05, 4.69) is 20.5 Å². The molecule has 3 heterocycles. The monoisotopic (exact) mass is 345 g/mol. The molecule has 0 saturated heterocycles. The van der Waals surface area contributed by atoms with Gasteiger partial charge in [-0.3, -0.25) is 4.79 Å². The number of fused-ring (bicyclic) bond motifs is 1. The quantitative estimate of drug-likeness (QED) is 0.612. The summed E-state index contributed by atoms with van der Waals surface area (Å²) in [5.41, 5.74) is 2.87. The second kappa shape index (κ2) is 6.64. The van der Waals surface area contributed by atoms with E-state index in [9.17, 15) is 4.79 Å². The van der Waals surface area contributed by atoms with Crippen molar-refractivity contribution < 1.29 is 9.53 Å². The van der Waals surface area contributed by atoms with Gasteiger partial charge >= 0.3 is 0 Å². The lowest BCUT2D eigenvalue weighted by Crippen LogP contribution is -2.12. The summed E-state index contributed by atoms with van der Waals surface area (Å²) < 4.78 is 7.81. The van der Waals surface area contributed by atoms with Gasteiger partial charge in [0.1, 0.15) is 17.1 Å². The Hall–Kier alpha value is -3.74. The Kier molecular flexibility index (Phi) is 4.03. The summed E-state index contributed by atoms with van der Waals surface area (Å²) in [6, 6.07) is 12.5. The first-order chi connectivity index (χ1) is 12.7. The maximum Gasteiger partial charge on any atom is 0.257 e. The third-order valence-corrected chi connectivity index (χ3v) is 3.72. The fourth-order valence-electron chi connectivity index (χ4n) is 2.56. The SMILES string of the molecule is Cc1cn2cc(Oc3cccc(NC(=O)c4ccnnc4)c3)ccc2n1. The number of ether oxygens (including phenoxy) is 1. The molecule has 4 rings (SSSR count). The van der Waals surface area contributed by atoms with Crippen molar-refractivity contribution in [3.63, 3.8) is 0 Å². The smallest absolute Gasteiger partial charge is 0.257 e. The highest BCUT2D eigenvalue weighted by molar-refractivity contribution is 6.04. The van der Waals surface area contributed by atoms with Crippen LogP contribution in [0.25, 0.3) is 5.65 Å². The zero-order valence-electron chi connectivity index (χ0n) is 14.0. The molecule has 0 radical (unpaired) electrons. The average Bonchev–Trinajstić information content (AvgIpc) is 3.02. The minimum Gasteiger partial charge on any atom is -0.456 e. The van der Waals surface area contributed by atoms with Crippen LogP contribution in [0, 0.1) is 6.92 Å². The number of amides is 1. The number of anilines is 1. The Labute approximate surface area is 149 Å². The molecule has 0 atom stereocenters. The molecule has 0 aliphatic carbocycles. The van der Waals surface area contributed by atoms with Gasteiger partial charge in [0.2, 0.25) is 0 Å². The molecule has 1 aromatic carbocycles. The highest BCUT2D eigenvalue weighted by atomic mass is 16.5. The Morgan fingerprint density at radius 1 is 1.08 bits per heavy atom. The standard InChI is InChI=1S/C19H15N5O2/c1-13-11-24-12-17(5-6-18(24)22-13)26-16-4-2-3-15(9-16)23-19(25)14-7-8-20-21-10-14/h2-12H,1H3,(H,23,25). The maximum absolute atomic E-state index is 12.2. The van der Waals surface area contributed by atoms with E-state index in [0.717, 1.165) is 11.3 Å². The minimum absolute atomic E-state index is 0.257. The van der Waals surface area contributed by atoms with Crippen molar-refractivity contribution in [1.82, 2.24) is 19.6 Å². The number of nitrogens with one attached hydrogen (secondary N) is 1. The van der Waals surface area contributed by atoms with E-state index < -0.39 is 0 Å². The van der Waals surface area contributed by atoms with Gasteiger partial charge in [0, 0.05) is 18.0 Å². The van der Waals surface area contributed by atoms with Crippen LogP contribution in [-0.4, -0.2) is 25.5 Å². The highest BCUT2D eigenvalue weighted by Crippen LogP contribution is 2.25. The number of carbonyl (C=O) groups is 1. The number of nitrogens with zero attached hydrogens (tertiary/aromatic N) is 4. The molecule has 0 spiro atoms. The molecule has 0 fully saturated rings. The van der Waals surface area contributed by atoms with Crippen molar-refractivity contribution in [3.8, 4) is 11.5 Å². The summed E-state index contributed by atoms with van der Waals surface area (Å²) >= 11 is 0. The normalized spacial score (nSPS) is 10.7. The van der Waals surface area contributed by atoms with Gasteiger partial charge in [-0.25, -0.2) is 4.98 Å². The van der Waals surface area contributed by atoms with Crippen LogP contribution in [-0.2, 0) is 0 Å². The van der Waals surface area contributed by atoms with Crippen LogP contribution in [0.5, 0.6) is 11.5 Å². The molecule has 7 nitrogen and oxygen atoms in total. The van der Waals surface area contributed by atoms with Crippen LogP contribution in [0.3, 0.4) is 0 Å². The molecule has 7 heteroatoms. The molecule has 4 aromatic rings. The number of aryl methyl sites for hydroxylation is 1. The van der Waals surface area contributed by atoms with Crippen LogP contribution in [0.1, 0.15) is 16.1 Å². The van der Waals surface area contributed by atoms with Crippen LogP contribution in [0.2, 0.25) is 0 Å². The summed E-state index contributed by atoms with van der Waals surface area (Å²) in [7, 11) is 0. The molecule has 1 amide bonds. The van der Waals surface area contributed by atoms with Gasteiger partial charge in [0.15, 0.2) is 0 Å². The lowest BCUT2D eigenvalue weighted by molar-refractivity contribution is 0.102. The van der Waals surface area contributed by atoms with Gasteiger partial charge in [-0.05, 0) is 37.3 Å². The first-order valence-corrected chi connectivity index (χ1v) is 7.99. The molecular weight excluding hydrogens is 330 g/mol. The minimum atomic E-state index is -0.257. The van der Waals surface area contributed by atoms with Crippen molar-refractivity contribution in [3.05, 3.63) is 78.5 Å². The van der Waals surface area contributed by atoms with Gasteiger partial charge in [-0.15, -0.1) is 0 Å². The topological polar surface area (TPSA) is 81.4 Å². The summed E-state index contributed by atoms with van der Waals surface area (Å²) in [6.07, 6.45) is 6.69. The van der Waals surface area contributed by atoms with Crippen LogP contribution >= 0.6 is 0 Å². The summed E-state index contributed by atoms with van der Waals surface area (Å²) in [5, 5.41) is 10.2. The van der Waals surface area contributed by atoms with Gasteiger partial charge in [0.05, 0.1) is 29.8 Å². The number of rotatable bonds is 4. The highest BCUT2D eigenvalue weighted by Gasteiger charge is 2.07. The zero-order valence-corrected chi connectivity index (χ0v) is 14.0. The number of hydrogen-bond donors (Lipinski definition) is 1. The zero-order chi connectivity index (χ0) is 17.9. The fraction of sp³-hybridized carbons (Fsp3) is 0.0526. The van der Waals surface area contributed by atoms with E-state index >= 15 is 0 Å². The van der Waals surface area contributed by atoms with E-state index in [1.807, 2.05) is 48.0 Å². The molecule has 0 bridgehead atoms. The predicted molar refractivity (Wildman–Crippen MR) is 96.4 cm³/mol. The van der Waals surface area contributed by atoms with Crippen molar-refractivity contribution in [2.75, 3.05) is 5.32 Å². The van der Waals surface area contributed by atoms with E-state index in [1.165, 1.54) is 12.4 Å². The van der Waals surface area contributed by atoms with E-state index in [-0.39, 0.29) is 5.91 Å². The van der Waals surface area contributed by atoms with Crippen molar-refractivity contribution in [2.24, 2.45) is 0 Å². The van der Waals surface area contributed by atoms with E-state index in [4.69, 9.17) is 4.74 Å². The number of imidazole rings is 1. The number of hydrogen-bond acceptors (Lipinski definition) is 5.